The quantitative estimate of drug-likeness (QED) is 0.541. The summed E-state index contributed by atoms with van der Waals surface area (Å²) in [7, 11) is 2.11. The van der Waals surface area contributed by atoms with Crippen molar-refractivity contribution >= 4 is 34.9 Å². The molecule has 4 rings (SSSR count). The Labute approximate surface area is 217 Å². The Morgan fingerprint density at radius 2 is 1.50 bits per heavy atom. The van der Waals surface area contributed by atoms with Gasteiger partial charge in [-0.3, -0.25) is 14.6 Å². The van der Waals surface area contributed by atoms with E-state index in [1.165, 1.54) is 4.88 Å². The van der Waals surface area contributed by atoms with Crippen LogP contribution in [0.15, 0.2) is 47.8 Å². The van der Waals surface area contributed by atoms with Gasteiger partial charge in [-0.05, 0) is 37.0 Å². The lowest BCUT2D eigenvalue weighted by molar-refractivity contribution is -0.193. The predicted octanol–water partition coefficient (Wildman–Crippen LogP) is 3.94. The maximum absolute atomic E-state index is 12.6. The van der Waals surface area contributed by atoms with Gasteiger partial charge in [-0.25, -0.2) is 9.59 Å². The minimum Gasteiger partial charge on any atom is -0.475 e. The van der Waals surface area contributed by atoms with Gasteiger partial charge in [-0.15, -0.1) is 11.3 Å². The molecular weight excluding hydrogens is 544 g/mol. The number of rotatable bonds is 3. The average molecular weight is 570 g/mol. The Morgan fingerprint density at radius 3 is 1.97 bits per heavy atom. The topological polar surface area (TPSA) is 101 Å². The fraction of sp³-hybridized carbons (Fsp3) is 0.435. The smallest absolute Gasteiger partial charge is 0.475 e. The lowest BCUT2D eigenvalue weighted by atomic mass is 9.92. The summed E-state index contributed by atoms with van der Waals surface area (Å²) < 4.78 is 63.5. The number of likely N-dealkylation sites (N-methyl/N-ethyl adjacent to an activating group) is 1. The van der Waals surface area contributed by atoms with E-state index in [-0.39, 0.29) is 11.4 Å². The third kappa shape index (κ3) is 8.70. The van der Waals surface area contributed by atoms with E-state index < -0.39 is 24.3 Å². The first kappa shape index (κ1) is 31.1. The molecule has 2 fully saturated rings. The molecule has 2 aliphatic heterocycles. The molecule has 1 aromatic carbocycles. The molecule has 1 atom stereocenters. The summed E-state index contributed by atoms with van der Waals surface area (Å²) in [5.41, 5.74) is 1.09. The third-order valence-electron chi connectivity index (χ3n) is 5.86. The molecule has 3 heterocycles. The standard InChI is InChI=1S/C19H23N3OS.2C2HF3O2/c1-20-13-18(23)22(16-6-3-2-4-7-16)15-19(20)9-10-21(14-19)12-17-8-5-11-24-17;2*3-2(4,5)1(6)7/h2-8,11H,9-10,12-15H2,1H3;2*(H,6,7). The Hall–Kier alpha value is -3.17. The number of amides is 1. The minimum atomic E-state index is -5.08. The molecule has 8 nitrogen and oxygen atoms in total. The average Bonchev–Trinajstić information content (AvgIpc) is 3.48. The van der Waals surface area contributed by atoms with E-state index >= 15 is 0 Å². The van der Waals surface area contributed by atoms with Crippen molar-refractivity contribution in [1.82, 2.24) is 9.80 Å². The highest BCUT2D eigenvalue weighted by atomic mass is 32.1. The third-order valence-corrected chi connectivity index (χ3v) is 6.72. The number of benzene rings is 1. The van der Waals surface area contributed by atoms with E-state index in [1.54, 1.807) is 0 Å². The molecule has 0 saturated carbocycles. The number of likely N-dealkylation sites (tertiary alicyclic amines) is 1. The summed E-state index contributed by atoms with van der Waals surface area (Å²) in [6, 6.07) is 14.4. The van der Waals surface area contributed by atoms with Crippen LogP contribution in [0.4, 0.5) is 32.0 Å². The van der Waals surface area contributed by atoms with Crippen LogP contribution in [0.1, 0.15) is 11.3 Å². The van der Waals surface area contributed by atoms with E-state index in [2.05, 4.69) is 34.4 Å². The van der Waals surface area contributed by atoms with E-state index in [4.69, 9.17) is 19.8 Å². The molecule has 38 heavy (non-hydrogen) atoms. The Balaban J connectivity index is 0.000000301. The van der Waals surface area contributed by atoms with Crippen molar-refractivity contribution in [1.29, 1.82) is 0 Å². The van der Waals surface area contributed by atoms with Gasteiger partial charge in [-0.2, -0.15) is 26.3 Å². The van der Waals surface area contributed by atoms with Gasteiger partial charge in [0.1, 0.15) is 0 Å². The van der Waals surface area contributed by atoms with Crippen LogP contribution in [-0.4, -0.2) is 89.0 Å². The number of carbonyl (C=O) groups excluding carboxylic acids is 1. The van der Waals surface area contributed by atoms with Crippen molar-refractivity contribution in [2.75, 3.05) is 38.1 Å². The molecule has 1 aromatic heterocycles. The van der Waals surface area contributed by atoms with Crippen molar-refractivity contribution in [3.05, 3.63) is 52.7 Å². The zero-order valence-corrected chi connectivity index (χ0v) is 20.8. The first-order valence-electron chi connectivity index (χ1n) is 11.0. The number of thiophene rings is 1. The number of hydrogen-bond donors (Lipinski definition) is 2. The summed E-state index contributed by atoms with van der Waals surface area (Å²) in [6.07, 6.45) is -9.05. The summed E-state index contributed by atoms with van der Waals surface area (Å²) in [5, 5.41) is 16.4. The molecule has 1 unspecified atom stereocenters. The largest absolute Gasteiger partial charge is 0.490 e. The van der Waals surface area contributed by atoms with Crippen LogP contribution in [0, 0.1) is 0 Å². The SMILES string of the molecule is CN1CC(=O)N(c2ccccc2)CC12CCN(Cc1cccs1)C2.O=C(O)C(F)(F)F.O=C(O)C(F)(F)F. The Morgan fingerprint density at radius 1 is 0.947 bits per heavy atom. The molecular formula is C23H25F6N3O5S. The van der Waals surface area contributed by atoms with Gasteiger partial charge in [0, 0.05) is 36.7 Å². The lowest BCUT2D eigenvalue weighted by Gasteiger charge is -2.47. The summed E-state index contributed by atoms with van der Waals surface area (Å²) in [4.78, 5) is 38.6. The first-order valence-corrected chi connectivity index (χ1v) is 11.8. The van der Waals surface area contributed by atoms with Gasteiger partial charge in [0.2, 0.25) is 5.91 Å². The predicted molar refractivity (Wildman–Crippen MR) is 126 cm³/mol. The number of alkyl halides is 6. The maximum atomic E-state index is 12.6. The second kappa shape index (κ2) is 12.6. The zero-order chi connectivity index (χ0) is 28.7. The molecule has 1 spiro atoms. The number of halogens is 6. The maximum Gasteiger partial charge on any atom is 0.490 e. The van der Waals surface area contributed by atoms with Crippen LogP contribution in [0.5, 0.6) is 0 Å². The molecule has 2 aromatic rings. The van der Waals surface area contributed by atoms with Crippen LogP contribution in [-0.2, 0) is 20.9 Å². The van der Waals surface area contributed by atoms with E-state index in [1.807, 2.05) is 46.6 Å². The van der Waals surface area contributed by atoms with Crippen LogP contribution in [0.3, 0.4) is 0 Å². The highest BCUT2D eigenvalue weighted by Gasteiger charge is 2.47. The van der Waals surface area contributed by atoms with E-state index in [0.29, 0.717) is 6.54 Å². The summed E-state index contributed by atoms with van der Waals surface area (Å²) in [6.45, 7) is 4.43. The van der Waals surface area contributed by atoms with Crippen LogP contribution in [0.2, 0.25) is 0 Å². The normalized spacial score (nSPS) is 20.4. The van der Waals surface area contributed by atoms with Gasteiger partial charge in [0.25, 0.3) is 0 Å². The molecule has 0 aliphatic carbocycles. The van der Waals surface area contributed by atoms with Gasteiger partial charge in [-0.1, -0.05) is 24.3 Å². The van der Waals surface area contributed by atoms with Gasteiger partial charge in [0.15, 0.2) is 0 Å². The molecule has 210 valence electrons. The fourth-order valence-electron chi connectivity index (χ4n) is 3.94. The van der Waals surface area contributed by atoms with Crippen LogP contribution in [0.25, 0.3) is 0 Å². The number of aliphatic carboxylic acids is 2. The van der Waals surface area contributed by atoms with Crippen LogP contribution >= 0.6 is 11.3 Å². The van der Waals surface area contributed by atoms with Crippen molar-refractivity contribution in [2.45, 2.75) is 30.9 Å². The Kier molecular flexibility index (Phi) is 10.3. The number of nitrogens with zero attached hydrogens (tertiary/aromatic N) is 3. The highest BCUT2D eigenvalue weighted by Crippen LogP contribution is 2.34. The number of para-hydroxylation sites is 1. The summed E-state index contributed by atoms with van der Waals surface area (Å²) >= 11 is 1.82. The number of hydrogen-bond acceptors (Lipinski definition) is 6. The van der Waals surface area contributed by atoms with Crippen molar-refractivity contribution in [2.24, 2.45) is 0 Å². The fourth-order valence-corrected chi connectivity index (χ4v) is 4.69. The molecule has 1 amide bonds. The van der Waals surface area contributed by atoms with Crippen molar-refractivity contribution in [3.63, 3.8) is 0 Å². The number of piperazine rings is 1. The first-order chi connectivity index (χ1) is 17.5. The van der Waals surface area contributed by atoms with Gasteiger partial charge in [0.05, 0.1) is 12.1 Å². The van der Waals surface area contributed by atoms with Crippen molar-refractivity contribution in [3.8, 4) is 0 Å². The van der Waals surface area contributed by atoms with Crippen LogP contribution < -0.4 is 4.90 Å². The molecule has 2 N–H and O–H groups in total. The van der Waals surface area contributed by atoms with E-state index in [9.17, 15) is 31.1 Å². The Bertz CT molecular complexity index is 1060. The van der Waals surface area contributed by atoms with Gasteiger partial charge < -0.3 is 15.1 Å². The van der Waals surface area contributed by atoms with E-state index in [0.717, 1.165) is 38.3 Å². The highest BCUT2D eigenvalue weighted by molar-refractivity contribution is 7.09. The van der Waals surface area contributed by atoms with Crippen molar-refractivity contribution < 1.29 is 50.9 Å². The molecule has 0 bridgehead atoms. The molecule has 15 heteroatoms. The number of carboxylic acid groups (broad SMARTS) is 2. The number of carbonyl (C=O) groups is 3. The zero-order valence-electron chi connectivity index (χ0n) is 20.0. The van der Waals surface area contributed by atoms with Gasteiger partial charge >= 0.3 is 24.3 Å². The number of carboxylic acids is 2. The monoisotopic (exact) mass is 569 g/mol. The second-order valence-corrected chi connectivity index (χ2v) is 9.57. The molecule has 2 aliphatic rings. The second-order valence-electron chi connectivity index (χ2n) is 8.54. The number of anilines is 1. The molecule has 0 radical (unpaired) electrons. The minimum absolute atomic E-state index is 0.0704. The summed E-state index contributed by atoms with van der Waals surface area (Å²) in [5.74, 6) is -5.31. The molecule has 2 saturated heterocycles. The lowest BCUT2D eigenvalue weighted by Crippen LogP contribution is -2.64.